The van der Waals surface area contributed by atoms with Gasteiger partial charge in [-0.15, -0.1) is 0 Å². The molecular formula is C10H7F4NO3. The molecule has 8 heteroatoms. The Labute approximate surface area is 98.2 Å². The van der Waals surface area contributed by atoms with E-state index >= 15 is 0 Å². The van der Waals surface area contributed by atoms with Crippen LogP contribution in [0.3, 0.4) is 0 Å². The van der Waals surface area contributed by atoms with Gasteiger partial charge in [0.15, 0.2) is 0 Å². The third kappa shape index (κ3) is 2.96. The van der Waals surface area contributed by atoms with Crippen LogP contribution >= 0.6 is 0 Å². The number of aromatic carboxylic acids is 1. The molecule has 0 saturated carbocycles. The van der Waals surface area contributed by atoms with Gasteiger partial charge in [-0.1, -0.05) is 0 Å². The second-order valence-electron chi connectivity index (χ2n) is 3.40. The molecule has 0 aliphatic rings. The molecule has 0 heterocycles. The van der Waals surface area contributed by atoms with E-state index in [1.54, 1.807) is 0 Å². The smallest absolute Gasteiger partial charge is 0.471 e. The van der Waals surface area contributed by atoms with Gasteiger partial charge in [-0.05, 0) is 24.6 Å². The number of carbonyl (C=O) groups is 2. The number of carboxylic acid groups (broad SMARTS) is 1. The zero-order valence-corrected chi connectivity index (χ0v) is 8.93. The van der Waals surface area contributed by atoms with E-state index in [9.17, 15) is 27.2 Å². The molecule has 0 fully saturated rings. The minimum Gasteiger partial charge on any atom is -0.478 e. The summed E-state index contributed by atoms with van der Waals surface area (Å²) in [5, 5.41) is 10.1. The number of benzene rings is 1. The van der Waals surface area contributed by atoms with E-state index in [2.05, 4.69) is 0 Å². The lowest BCUT2D eigenvalue weighted by Crippen LogP contribution is -2.30. The molecule has 1 aromatic carbocycles. The summed E-state index contributed by atoms with van der Waals surface area (Å²) in [6.07, 6.45) is -5.18. The molecule has 0 bridgehead atoms. The third-order valence-electron chi connectivity index (χ3n) is 2.03. The van der Waals surface area contributed by atoms with Crippen LogP contribution in [0.2, 0.25) is 0 Å². The van der Waals surface area contributed by atoms with Crippen LogP contribution in [0.25, 0.3) is 0 Å². The second kappa shape index (κ2) is 4.63. The summed E-state index contributed by atoms with van der Waals surface area (Å²) in [7, 11) is 0. The number of nitrogens with one attached hydrogen (secondary N) is 1. The number of carboxylic acids is 1. The zero-order chi connectivity index (χ0) is 14.1. The third-order valence-corrected chi connectivity index (χ3v) is 2.03. The predicted octanol–water partition coefficient (Wildman–Crippen LogP) is 2.33. The number of hydrogen-bond acceptors (Lipinski definition) is 2. The van der Waals surface area contributed by atoms with E-state index in [1.807, 2.05) is 0 Å². The van der Waals surface area contributed by atoms with Gasteiger partial charge in [-0.25, -0.2) is 9.18 Å². The molecule has 1 rings (SSSR count). The highest BCUT2D eigenvalue weighted by Crippen LogP contribution is 2.23. The molecule has 0 aromatic heterocycles. The molecule has 0 unspecified atom stereocenters. The summed E-state index contributed by atoms with van der Waals surface area (Å²) in [6, 6.07) is 1.37. The number of amides is 1. The number of halogens is 4. The fraction of sp³-hybridized carbons (Fsp3) is 0.200. The van der Waals surface area contributed by atoms with Gasteiger partial charge < -0.3 is 10.4 Å². The number of aryl methyl sites for hydroxylation is 1. The van der Waals surface area contributed by atoms with Gasteiger partial charge in [-0.3, -0.25) is 4.79 Å². The molecule has 0 saturated heterocycles. The second-order valence-corrected chi connectivity index (χ2v) is 3.40. The lowest BCUT2D eigenvalue weighted by atomic mass is 10.1. The van der Waals surface area contributed by atoms with E-state index < -0.39 is 35.1 Å². The van der Waals surface area contributed by atoms with Crippen LogP contribution in [0.15, 0.2) is 12.1 Å². The summed E-state index contributed by atoms with van der Waals surface area (Å²) >= 11 is 0. The molecule has 0 radical (unpaired) electrons. The highest BCUT2D eigenvalue weighted by atomic mass is 19.4. The van der Waals surface area contributed by atoms with Crippen LogP contribution < -0.4 is 5.32 Å². The Morgan fingerprint density at radius 1 is 1.28 bits per heavy atom. The summed E-state index contributed by atoms with van der Waals surface area (Å²) in [6.45, 7) is 1.25. The standard InChI is InChI=1S/C10H7F4NO3/c1-4-2-5(8(16)17)7(3-6(4)11)15-9(18)10(12,13)14/h2-3H,1H3,(H,15,18)(H,16,17). The molecule has 2 N–H and O–H groups in total. The van der Waals surface area contributed by atoms with Crippen molar-refractivity contribution in [1.82, 2.24) is 0 Å². The van der Waals surface area contributed by atoms with E-state index in [-0.39, 0.29) is 5.56 Å². The fourth-order valence-corrected chi connectivity index (χ4v) is 1.16. The van der Waals surface area contributed by atoms with Gasteiger partial charge in [0.25, 0.3) is 0 Å². The van der Waals surface area contributed by atoms with Crippen molar-refractivity contribution in [2.45, 2.75) is 13.1 Å². The molecule has 0 atom stereocenters. The van der Waals surface area contributed by atoms with Crippen molar-refractivity contribution in [3.8, 4) is 0 Å². The Kier molecular flexibility index (Phi) is 3.59. The highest BCUT2D eigenvalue weighted by molar-refractivity contribution is 6.02. The first-order valence-electron chi connectivity index (χ1n) is 4.54. The fourth-order valence-electron chi connectivity index (χ4n) is 1.16. The quantitative estimate of drug-likeness (QED) is 0.806. The van der Waals surface area contributed by atoms with E-state index in [1.165, 1.54) is 12.2 Å². The summed E-state index contributed by atoms with van der Waals surface area (Å²) in [4.78, 5) is 21.4. The van der Waals surface area contributed by atoms with Crippen molar-refractivity contribution in [2.75, 3.05) is 5.32 Å². The SMILES string of the molecule is Cc1cc(C(=O)O)c(NC(=O)C(F)(F)F)cc1F. The van der Waals surface area contributed by atoms with Crippen LogP contribution in [0.4, 0.5) is 23.2 Å². The van der Waals surface area contributed by atoms with Gasteiger partial charge in [0.05, 0.1) is 11.3 Å². The number of anilines is 1. The van der Waals surface area contributed by atoms with Crippen LogP contribution in [-0.4, -0.2) is 23.2 Å². The van der Waals surface area contributed by atoms with E-state index in [0.717, 1.165) is 6.07 Å². The Balaban J connectivity index is 3.20. The molecule has 0 aliphatic heterocycles. The largest absolute Gasteiger partial charge is 0.478 e. The highest BCUT2D eigenvalue weighted by Gasteiger charge is 2.39. The number of carbonyl (C=O) groups excluding carboxylic acids is 1. The zero-order valence-electron chi connectivity index (χ0n) is 8.93. The summed E-state index contributed by atoms with van der Waals surface area (Å²) in [5.41, 5.74) is -1.42. The minimum atomic E-state index is -5.18. The van der Waals surface area contributed by atoms with Crippen LogP contribution in [-0.2, 0) is 4.79 Å². The molecule has 98 valence electrons. The molecule has 0 spiro atoms. The van der Waals surface area contributed by atoms with Crippen LogP contribution in [0.1, 0.15) is 15.9 Å². The summed E-state index contributed by atoms with van der Waals surface area (Å²) in [5.74, 6) is -4.86. The van der Waals surface area contributed by atoms with E-state index in [0.29, 0.717) is 6.07 Å². The van der Waals surface area contributed by atoms with Gasteiger partial charge in [0.2, 0.25) is 0 Å². The Hall–Kier alpha value is -2.12. The van der Waals surface area contributed by atoms with Crippen LogP contribution in [0, 0.1) is 12.7 Å². The average molecular weight is 265 g/mol. The van der Waals surface area contributed by atoms with Crippen molar-refractivity contribution in [3.05, 3.63) is 29.1 Å². The van der Waals surface area contributed by atoms with Gasteiger partial charge in [-0.2, -0.15) is 13.2 Å². The molecule has 0 aliphatic carbocycles. The minimum absolute atomic E-state index is 0.0580. The van der Waals surface area contributed by atoms with Gasteiger partial charge >= 0.3 is 18.1 Å². The van der Waals surface area contributed by atoms with Crippen LogP contribution in [0.5, 0.6) is 0 Å². The lowest BCUT2D eigenvalue weighted by Gasteiger charge is -2.11. The van der Waals surface area contributed by atoms with Crippen molar-refractivity contribution >= 4 is 17.6 Å². The van der Waals surface area contributed by atoms with E-state index in [4.69, 9.17) is 5.11 Å². The average Bonchev–Trinajstić information content (AvgIpc) is 2.21. The predicted molar refractivity (Wildman–Crippen MR) is 52.8 cm³/mol. The van der Waals surface area contributed by atoms with Crippen molar-refractivity contribution in [1.29, 1.82) is 0 Å². The number of hydrogen-bond donors (Lipinski definition) is 2. The maximum Gasteiger partial charge on any atom is 0.471 e. The Bertz CT molecular complexity index is 511. The summed E-state index contributed by atoms with van der Waals surface area (Å²) < 4.78 is 49.1. The molecule has 4 nitrogen and oxygen atoms in total. The molecular weight excluding hydrogens is 258 g/mol. The maximum atomic E-state index is 13.1. The van der Waals surface area contributed by atoms with Gasteiger partial charge in [0, 0.05) is 0 Å². The topological polar surface area (TPSA) is 66.4 Å². The van der Waals surface area contributed by atoms with Crippen molar-refractivity contribution < 1.29 is 32.3 Å². The monoisotopic (exact) mass is 265 g/mol. The number of alkyl halides is 3. The maximum absolute atomic E-state index is 13.1. The first kappa shape index (κ1) is 13.9. The Morgan fingerprint density at radius 2 is 1.83 bits per heavy atom. The number of rotatable bonds is 2. The molecule has 1 aromatic rings. The van der Waals surface area contributed by atoms with Gasteiger partial charge in [0.1, 0.15) is 5.82 Å². The first-order chi connectivity index (χ1) is 8.12. The first-order valence-corrected chi connectivity index (χ1v) is 4.54. The normalized spacial score (nSPS) is 11.2. The molecule has 18 heavy (non-hydrogen) atoms. The van der Waals surface area contributed by atoms with Crippen molar-refractivity contribution in [3.63, 3.8) is 0 Å². The van der Waals surface area contributed by atoms with Crippen molar-refractivity contribution in [2.24, 2.45) is 0 Å². The molecule has 1 amide bonds. The Morgan fingerprint density at radius 3 is 2.28 bits per heavy atom. The lowest BCUT2D eigenvalue weighted by molar-refractivity contribution is -0.167.